The Balaban J connectivity index is 1.64. The lowest BCUT2D eigenvalue weighted by atomic mass is 9.95. The average molecular weight is 421 g/mol. The number of para-hydroxylation sites is 1. The van der Waals surface area contributed by atoms with Gasteiger partial charge in [-0.3, -0.25) is 4.79 Å². The number of amides is 1. The van der Waals surface area contributed by atoms with Crippen LogP contribution >= 0.6 is 0 Å². The van der Waals surface area contributed by atoms with Gasteiger partial charge in [0.25, 0.3) is 5.91 Å². The maximum absolute atomic E-state index is 12.9. The van der Waals surface area contributed by atoms with Gasteiger partial charge in [0, 0.05) is 17.0 Å². The van der Waals surface area contributed by atoms with Crippen LogP contribution in [-0.4, -0.2) is 18.6 Å². The molecular formula is C25H28N2O4. The van der Waals surface area contributed by atoms with E-state index < -0.39 is 5.63 Å². The molecule has 1 heterocycles. The Kier molecular flexibility index (Phi) is 6.55. The zero-order valence-electron chi connectivity index (χ0n) is 17.8. The quantitative estimate of drug-likeness (QED) is 0.488. The van der Waals surface area contributed by atoms with Gasteiger partial charge in [-0.05, 0) is 55.7 Å². The summed E-state index contributed by atoms with van der Waals surface area (Å²) in [6.07, 6.45) is 6.55. The first-order valence-electron chi connectivity index (χ1n) is 11.0. The van der Waals surface area contributed by atoms with Crippen molar-refractivity contribution < 1.29 is 13.9 Å². The highest BCUT2D eigenvalue weighted by atomic mass is 16.5. The van der Waals surface area contributed by atoms with E-state index in [1.54, 1.807) is 30.3 Å². The van der Waals surface area contributed by atoms with E-state index in [0.717, 1.165) is 37.5 Å². The normalized spacial score (nSPS) is 14.4. The molecule has 162 valence electrons. The molecule has 0 saturated heterocycles. The van der Waals surface area contributed by atoms with E-state index >= 15 is 0 Å². The van der Waals surface area contributed by atoms with Gasteiger partial charge in [-0.15, -0.1) is 0 Å². The summed E-state index contributed by atoms with van der Waals surface area (Å²) in [4.78, 5) is 25.7. The fourth-order valence-corrected chi connectivity index (χ4v) is 3.97. The van der Waals surface area contributed by atoms with Gasteiger partial charge in [-0.25, -0.2) is 4.79 Å². The lowest BCUT2D eigenvalue weighted by Gasteiger charge is -2.25. The van der Waals surface area contributed by atoms with E-state index in [2.05, 4.69) is 10.6 Å². The first kappa shape index (κ1) is 21.0. The SMILES string of the molecule is CCCOc1ccc(C(=O)Nc2c(NC3CCCCC3)c3ccccc3oc2=O)cc1. The van der Waals surface area contributed by atoms with Crippen LogP contribution in [0, 0.1) is 0 Å². The van der Waals surface area contributed by atoms with Crippen LogP contribution in [0.4, 0.5) is 11.4 Å². The number of fused-ring (bicyclic) bond motifs is 1. The molecule has 0 unspecified atom stereocenters. The van der Waals surface area contributed by atoms with Gasteiger partial charge in [-0.1, -0.05) is 38.3 Å². The largest absolute Gasteiger partial charge is 0.494 e. The number of carbonyl (C=O) groups excluding carboxylic acids is 1. The molecule has 1 aliphatic carbocycles. The fourth-order valence-electron chi connectivity index (χ4n) is 3.97. The van der Waals surface area contributed by atoms with Crippen molar-refractivity contribution in [1.82, 2.24) is 0 Å². The second-order valence-corrected chi connectivity index (χ2v) is 7.94. The molecule has 0 aliphatic heterocycles. The molecule has 31 heavy (non-hydrogen) atoms. The van der Waals surface area contributed by atoms with Crippen molar-refractivity contribution in [3.8, 4) is 5.75 Å². The molecule has 0 atom stereocenters. The third-order valence-electron chi connectivity index (χ3n) is 5.59. The topological polar surface area (TPSA) is 80.6 Å². The minimum absolute atomic E-state index is 0.153. The Labute approximate surface area is 181 Å². The molecule has 2 aromatic carbocycles. The molecule has 0 radical (unpaired) electrons. The fraction of sp³-hybridized carbons (Fsp3) is 0.360. The zero-order chi connectivity index (χ0) is 21.6. The highest BCUT2D eigenvalue weighted by Gasteiger charge is 2.21. The molecule has 4 rings (SSSR count). The molecule has 1 amide bonds. The summed E-state index contributed by atoms with van der Waals surface area (Å²) >= 11 is 0. The minimum atomic E-state index is -0.562. The molecule has 0 bridgehead atoms. The van der Waals surface area contributed by atoms with Gasteiger partial charge < -0.3 is 19.8 Å². The maximum Gasteiger partial charge on any atom is 0.362 e. The number of carbonyl (C=O) groups is 1. The smallest absolute Gasteiger partial charge is 0.362 e. The summed E-state index contributed by atoms with van der Waals surface area (Å²) in [6, 6.07) is 14.6. The minimum Gasteiger partial charge on any atom is -0.494 e. The summed E-state index contributed by atoms with van der Waals surface area (Å²) in [6.45, 7) is 2.66. The average Bonchev–Trinajstić information content (AvgIpc) is 2.81. The Morgan fingerprint density at radius 2 is 1.77 bits per heavy atom. The van der Waals surface area contributed by atoms with Crippen LogP contribution in [0.5, 0.6) is 5.75 Å². The highest BCUT2D eigenvalue weighted by molar-refractivity contribution is 6.08. The van der Waals surface area contributed by atoms with E-state index in [-0.39, 0.29) is 17.6 Å². The first-order valence-corrected chi connectivity index (χ1v) is 11.0. The second kappa shape index (κ2) is 9.69. The molecule has 0 spiro atoms. The van der Waals surface area contributed by atoms with Gasteiger partial charge >= 0.3 is 5.63 Å². The van der Waals surface area contributed by atoms with Crippen molar-refractivity contribution >= 4 is 28.3 Å². The summed E-state index contributed by atoms with van der Waals surface area (Å²) < 4.78 is 11.1. The van der Waals surface area contributed by atoms with Crippen LogP contribution in [0.25, 0.3) is 11.0 Å². The van der Waals surface area contributed by atoms with Gasteiger partial charge in [-0.2, -0.15) is 0 Å². The lowest BCUT2D eigenvalue weighted by Crippen LogP contribution is -2.26. The Morgan fingerprint density at radius 1 is 1.03 bits per heavy atom. The van der Waals surface area contributed by atoms with E-state index in [4.69, 9.17) is 9.15 Å². The molecule has 1 aliphatic rings. The number of anilines is 2. The van der Waals surface area contributed by atoms with E-state index in [1.165, 1.54) is 6.42 Å². The standard InChI is InChI=1S/C25H28N2O4/c1-2-16-30-19-14-12-17(13-15-19)24(28)27-23-22(26-18-8-4-3-5-9-18)20-10-6-7-11-21(20)31-25(23)29/h6-7,10-15,18,26H,2-5,8-9,16H2,1H3,(H,27,28). The number of rotatable bonds is 7. The summed E-state index contributed by atoms with van der Waals surface area (Å²) in [7, 11) is 0. The molecule has 6 heteroatoms. The molecule has 1 aromatic heterocycles. The van der Waals surface area contributed by atoms with Crippen molar-refractivity contribution in [2.45, 2.75) is 51.5 Å². The molecule has 1 fully saturated rings. The monoisotopic (exact) mass is 420 g/mol. The van der Waals surface area contributed by atoms with E-state index in [1.807, 2.05) is 25.1 Å². The zero-order valence-corrected chi connectivity index (χ0v) is 17.8. The van der Waals surface area contributed by atoms with Gasteiger partial charge in [0.05, 0.1) is 12.3 Å². The molecule has 2 N–H and O–H groups in total. The number of nitrogens with one attached hydrogen (secondary N) is 2. The lowest BCUT2D eigenvalue weighted by molar-refractivity contribution is 0.102. The van der Waals surface area contributed by atoms with Crippen LogP contribution in [0.2, 0.25) is 0 Å². The number of benzene rings is 2. The molecule has 6 nitrogen and oxygen atoms in total. The number of hydrogen-bond donors (Lipinski definition) is 2. The van der Waals surface area contributed by atoms with Crippen molar-refractivity contribution in [3.05, 3.63) is 64.5 Å². The summed E-state index contributed by atoms with van der Waals surface area (Å²) in [5, 5.41) is 7.10. The Hall–Kier alpha value is -3.28. The molecule has 3 aromatic rings. The Bertz CT molecular complexity index is 1100. The van der Waals surface area contributed by atoms with Crippen molar-refractivity contribution in [2.75, 3.05) is 17.2 Å². The van der Waals surface area contributed by atoms with E-state index in [9.17, 15) is 9.59 Å². The molecular weight excluding hydrogens is 392 g/mol. The predicted molar refractivity (Wildman–Crippen MR) is 123 cm³/mol. The van der Waals surface area contributed by atoms with E-state index in [0.29, 0.717) is 29.2 Å². The van der Waals surface area contributed by atoms with Crippen LogP contribution in [-0.2, 0) is 0 Å². The van der Waals surface area contributed by atoms with Gasteiger partial charge in [0.2, 0.25) is 0 Å². The Morgan fingerprint density at radius 3 is 2.52 bits per heavy atom. The van der Waals surface area contributed by atoms with Gasteiger partial charge in [0.15, 0.2) is 5.69 Å². The first-order chi connectivity index (χ1) is 15.2. The third kappa shape index (κ3) is 4.90. The second-order valence-electron chi connectivity index (χ2n) is 7.94. The van der Waals surface area contributed by atoms with Gasteiger partial charge in [0.1, 0.15) is 11.3 Å². The van der Waals surface area contributed by atoms with Crippen LogP contribution in [0.1, 0.15) is 55.8 Å². The van der Waals surface area contributed by atoms with Crippen LogP contribution < -0.4 is 21.0 Å². The van der Waals surface area contributed by atoms with Crippen molar-refractivity contribution in [3.63, 3.8) is 0 Å². The van der Waals surface area contributed by atoms with Crippen LogP contribution in [0.3, 0.4) is 0 Å². The predicted octanol–water partition coefficient (Wildman–Crippen LogP) is 5.58. The third-order valence-corrected chi connectivity index (χ3v) is 5.59. The number of hydrogen-bond acceptors (Lipinski definition) is 5. The van der Waals surface area contributed by atoms with Crippen LogP contribution in [0.15, 0.2) is 57.7 Å². The summed E-state index contributed by atoms with van der Waals surface area (Å²) in [5.41, 5.74) is 1.17. The number of ether oxygens (including phenoxy) is 1. The molecule has 1 saturated carbocycles. The van der Waals surface area contributed by atoms with Crippen molar-refractivity contribution in [2.24, 2.45) is 0 Å². The highest BCUT2D eigenvalue weighted by Crippen LogP contribution is 2.32. The van der Waals surface area contributed by atoms with Crippen molar-refractivity contribution in [1.29, 1.82) is 0 Å². The summed E-state index contributed by atoms with van der Waals surface area (Å²) in [5.74, 6) is 0.347. The maximum atomic E-state index is 12.9.